The molecule has 0 radical (unpaired) electrons. The molecule has 1 aromatic carbocycles. The molecule has 3 heterocycles. The van der Waals surface area contributed by atoms with E-state index < -0.39 is 23.9 Å². The number of hydrogen-bond donors (Lipinski definition) is 2. The average molecular weight is 458 g/mol. The summed E-state index contributed by atoms with van der Waals surface area (Å²) in [5, 5.41) is 17.3. The van der Waals surface area contributed by atoms with E-state index in [1.54, 1.807) is 0 Å². The molecular weight excluding hydrogens is 440 g/mol. The molecule has 3 amide bonds. The number of carbonyl (C=O) groups excluding carboxylic acids is 2. The van der Waals surface area contributed by atoms with Gasteiger partial charge in [-0.25, -0.2) is 14.2 Å². The third-order valence-corrected chi connectivity index (χ3v) is 5.90. The number of aliphatic hydroxyl groups is 1. The molecule has 2 aliphatic rings. The fourth-order valence-corrected chi connectivity index (χ4v) is 3.89. The first-order chi connectivity index (χ1) is 14.3. The second-order valence-corrected chi connectivity index (χ2v) is 7.75. The van der Waals surface area contributed by atoms with E-state index in [0.29, 0.717) is 24.2 Å². The maximum atomic E-state index is 13.5. The van der Waals surface area contributed by atoms with Gasteiger partial charge in [0.25, 0.3) is 5.91 Å². The van der Waals surface area contributed by atoms with Crippen molar-refractivity contribution in [2.45, 2.75) is 25.6 Å². The van der Waals surface area contributed by atoms with Crippen LogP contribution in [-0.4, -0.2) is 63.1 Å². The van der Waals surface area contributed by atoms with Gasteiger partial charge in [-0.2, -0.15) is 5.10 Å². The zero-order chi connectivity index (χ0) is 21.6. The predicted molar refractivity (Wildman–Crippen MR) is 106 cm³/mol. The van der Waals surface area contributed by atoms with Crippen molar-refractivity contribution in [2.75, 3.05) is 25.5 Å². The highest BCUT2D eigenvalue weighted by molar-refractivity contribution is 6.44. The topological polar surface area (TPSA) is 99.9 Å². The Labute approximate surface area is 180 Å². The average Bonchev–Trinajstić information content (AvgIpc) is 3.04. The fourth-order valence-electron chi connectivity index (χ4n) is 3.53. The standard InChI is InChI=1S/C18H18Cl2FN5O4/c1-24-17(28)16-10-7-25(5-4-12(10)23-26(16)6-9(8-27)30-24)18(29)22-13-3-2-11(21)14(19)15(13)20/h2-3,9,27H,4-8H2,1H3,(H,22,29). The molecule has 0 saturated heterocycles. The Bertz CT molecular complexity index is 1030. The molecule has 0 aliphatic carbocycles. The molecule has 2 N–H and O–H groups in total. The van der Waals surface area contributed by atoms with Crippen LogP contribution >= 0.6 is 23.2 Å². The largest absolute Gasteiger partial charge is 0.393 e. The lowest BCUT2D eigenvalue weighted by molar-refractivity contribution is -0.159. The van der Waals surface area contributed by atoms with Crippen LogP contribution in [0.25, 0.3) is 0 Å². The summed E-state index contributed by atoms with van der Waals surface area (Å²) in [5.41, 5.74) is 1.85. The second kappa shape index (κ2) is 8.03. The number of halogens is 3. The molecule has 1 atom stereocenters. The highest BCUT2D eigenvalue weighted by Gasteiger charge is 2.35. The van der Waals surface area contributed by atoms with Crippen molar-refractivity contribution in [1.82, 2.24) is 19.7 Å². The quantitative estimate of drug-likeness (QED) is 0.673. The lowest BCUT2D eigenvalue weighted by Crippen LogP contribution is -2.39. The maximum absolute atomic E-state index is 13.5. The Morgan fingerprint density at radius 3 is 2.90 bits per heavy atom. The van der Waals surface area contributed by atoms with E-state index in [0.717, 1.165) is 16.8 Å². The fraction of sp³-hybridized carbons (Fsp3) is 0.389. The van der Waals surface area contributed by atoms with Crippen molar-refractivity contribution in [2.24, 2.45) is 0 Å². The summed E-state index contributed by atoms with van der Waals surface area (Å²) in [6.07, 6.45) is -0.159. The number of anilines is 1. The second-order valence-electron chi connectivity index (χ2n) is 6.99. The first-order valence-electron chi connectivity index (χ1n) is 9.13. The Morgan fingerprint density at radius 2 is 2.17 bits per heavy atom. The highest BCUT2D eigenvalue weighted by atomic mass is 35.5. The summed E-state index contributed by atoms with van der Waals surface area (Å²) in [5.74, 6) is -1.09. The van der Waals surface area contributed by atoms with Crippen LogP contribution in [0.3, 0.4) is 0 Å². The molecule has 30 heavy (non-hydrogen) atoms. The summed E-state index contributed by atoms with van der Waals surface area (Å²) in [6.45, 7) is 0.458. The van der Waals surface area contributed by atoms with Gasteiger partial charge in [0.05, 0.1) is 41.1 Å². The summed E-state index contributed by atoms with van der Waals surface area (Å²) >= 11 is 11.8. The van der Waals surface area contributed by atoms with Gasteiger partial charge in [0.2, 0.25) is 0 Å². The number of aliphatic hydroxyl groups excluding tert-OH is 1. The summed E-state index contributed by atoms with van der Waals surface area (Å²) in [6, 6.07) is 1.97. The molecular formula is C18H18Cl2FN5O4. The Morgan fingerprint density at radius 1 is 1.40 bits per heavy atom. The first kappa shape index (κ1) is 20.9. The molecule has 2 aromatic rings. The number of hydroxylamine groups is 2. The van der Waals surface area contributed by atoms with E-state index in [4.69, 9.17) is 28.0 Å². The molecule has 9 nitrogen and oxygen atoms in total. The molecule has 0 saturated carbocycles. The molecule has 1 unspecified atom stereocenters. The van der Waals surface area contributed by atoms with Crippen LogP contribution in [0.1, 0.15) is 21.7 Å². The van der Waals surface area contributed by atoms with Crippen LogP contribution in [0, 0.1) is 5.82 Å². The zero-order valence-corrected chi connectivity index (χ0v) is 17.4. The smallest absolute Gasteiger partial charge is 0.322 e. The van der Waals surface area contributed by atoms with Gasteiger partial charge in [0.1, 0.15) is 17.6 Å². The minimum atomic E-state index is -0.684. The molecule has 0 spiro atoms. The van der Waals surface area contributed by atoms with Gasteiger partial charge >= 0.3 is 6.03 Å². The molecule has 0 fully saturated rings. The third kappa shape index (κ3) is 3.60. The molecule has 1 aromatic heterocycles. The van der Waals surface area contributed by atoms with E-state index in [2.05, 4.69) is 10.4 Å². The van der Waals surface area contributed by atoms with Crippen molar-refractivity contribution >= 4 is 40.8 Å². The van der Waals surface area contributed by atoms with E-state index in [-0.39, 0.29) is 35.4 Å². The van der Waals surface area contributed by atoms with Crippen LogP contribution in [-0.2, 0) is 24.3 Å². The lowest BCUT2D eigenvalue weighted by atomic mass is 10.1. The third-order valence-electron chi connectivity index (χ3n) is 5.04. The molecule has 2 aliphatic heterocycles. The minimum Gasteiger partial charge on any atom is -0.393 e. The number of amides is 3. The summed E-state index contributed by atoms with van der Waals surface area (Å²) < 4.78 is 15.0. The molecule has 160 valence electrons. The molecule has 4 rings (SSSR count). The number of fused-ring (bicyclic) bond motifs is 3. The van der Waals surface area contributed by atoms with Crippen molar-refractivity contribution in [3.63, 3.8) is 0 Å². The molecule has 12 heteroatoms. The number of hydrogen-bond acceptors (Lipinski definition) is 5. The van der Waals surface area contributed by atoms with Gasteiger partial charge in [0, 0.05) is 25.6 Å². The van der Waals surface area contributed by atoms with Crippen LogP contribution in [0.2, 0.25) is 10.0 Å². The Balaban J connectivity index is 1.58. The van der Waals surface area contributed by atoms with Gasteiger partial charge in [-0.3, -0.25) is 14.3 Å². The number of nitrogens with one attached hydrogen (secondary N) is 1. The number of aromatic nitrogens is 2. The van der Waals surface area contributed by atoms with Crippen molar-refractivity contribution in [3.8, 4) is 0 Å². The first-order valence-corrected chi connectivity index (χ1v) is 9.89. The van der Waals surface area contributed by atoms with E-state index >= 15 is 0 Å². The minimum absolute atomic E-state index is 0.0916. The van der Waals surface area contributed by atoms with Crippen LogP contribution in [0.5, 0.6) is 0 Å². The number of carbonyl (C=O) groups is 2. The van der Waals surface area contributed by atoms with Gasteiger partial charge in [0.15, 0.2) is 0 Å². The van der Waals surface area contributed by atoms with Gasteiger partial charge in [-0.05, 0) is 12.1 Å². The number of rotatable bonds is 2. The Hall–Kier alpha value is -2.40. The highest BCUT2D eigenvalue weighted by Crippen LogP contribution is 2.33. The van der Waals surface area contributed by atoms with Crippen LogP contribution < -0.4 is 5.32 Å². The van der Waals surface area contributed by atoms with Crippen molar-refractivity contribution in [3.05, 3.63) is 44.9 Å². The van der Waals surface area contributed by atoms with Crippen molar-refractivity contribution in [1.29, 1.82) is 0 Å². The monoisotopic (exact) mass is 457 g/mol. The normalized spacial score (nSPS) is 18.7. The van der Waals surface area contributed by atoms with Crippen LogP contribution in [0.15, 0.2) is 12.1 Å². The summed E-state index contributed by atoms with van der Waals surface area (Å²) in [4.78, 5) is 32.5. The van der Waals surface area contributed by atoms with Crippen molar-refractivity contribution < 1.29 is 23.9 Å². The van der Waals surface area contributed by atoms with Gasteiger partial charge in [-0.15, -0.1) is 0 Å². The van der Waals surface area contributed by atoms with E-state index in [9.17, 15) is 19.1 Å². The van der Waals surface area contributed by atoms with Gasteiger partial charge in [-0.1, -0.05) is 23.2 Å². The van der Waals surface area contributed by atoms with E-state index in [1.807, 2.05) is 0 Å². The van der Waals surface area contributed by atoms with E-state index in [1.165, 1.54) is 22.7 Å². The maximum Gasteiger partial charge on any atom is 0.322 e. The summed E-state index contributed by atoms with van der Waals surface area (Å²) in [7, 11) is 1.47. The zero-order valence-electron chi connectivity index (χ0n) is 15.9. The number of urea groups is 1. The Kier molecular flexibility index (Phi) is 5.58. The predicted octanol–water partition coefficient (Wildman–Crippen LogP) is 2.30. The SMILES string of the molecule is CN1OC(CO)Cn2nc3c(c2C1=O)CN(C(=O)Nc1ccc(F)c(Cl)c1Cl)CC3. The number of benzene rings is 1. The van der Waals surface area contributed by atoms with Crippen LogP contribution in [0.4, 0.5) is 14.9 Å². The number of nitrogens with zero attached hydrogens (tertiary/aromatic N) is 4. The van der Waals surface area contributed by atoms with Gasteiger partial charge < -0.3 is 15.3 Å². The molecule has 0 bridgehead atoms. The lowest BCUT2D eigenvalue weighted by Gasteiger charge is -2.27.